The number of likely N-dealkylation sites (tertiary alicyclic amines) is 1. The Hall–Kier alpha value is -3.49. The molecule has 0 radical (unpaired) electrons. The third kappa shape index (κ3) is 6.57. The van der Waals surface area contributed by atoms with Crippen LogP contribution in [0, 0.1) is 31.4 Å². The van der Waals surface area contributed by atoms with Gasteiger partial charge < -0.3 is 9.32 Å². The van der Waals surface area contributed by atoms with E-state index >= 15 is 0 Å². The van der Waals surface area contributed by atoms with E-state index in [4.69, 9.17) is 9.40 Å². The Labute approximate surface area is 228 Å². The minimum Gasteiger partial charge on any atom is -0.416 e. The van der Waals surface area contributed by atoms with Gasteiger partial charge in [-0.25, -0.2) is 18.7 Å². The van der Waals surface area contributed by atoms with Crippen LogP contribution < -0.4 is 0 Å². The van der Waals surface area contributed by atoms with E-state index in [1.807, 2.05) is 13.8 Å². The van der Waals surface area contributed by atoms with Crippen LogP contribution in [0.4, 0.5) is 8.78 Å². The Morgan fingerprint density at radius 3 is 2.46 bits per heavy atom. The molecule has 0 spiro atoms. The summed E-state index contributed by atoms with van der Waals surface area (Å²) in [5.41, 5.74) is 3.19. The minimum atomic E-state index is -0.699. The fraction of sp³-hybridized carbons (Fsp3) is 0.500. The third-order valence-electron chi connectivity index (χ3n) is 7.38. The molecular formula is C30H37F2N5O2. The number of rotatable bonds is 9. The Balaban J connectivity index is 1.54. The van der Waals surface area contributed by atoms with Crippen LogP contribution in [0.15, 0.2) is 28.7 Å². The fourth-order valence-electron chi connectivity index (χ4n) is 5.34. The molecule has 7 nitrogen and oxygen atoms in total. The van der Waals surface area contributed by atoms with E-state index in [0.717, 1.165) is 41.8 Å². The van der Waals surface area contributed by atoms with Crippen molar-refractivity contribution in [2.45, 2.75) is 79.1 Å². The van der Waals surface area contributed by atoms with Gasteiger partial charge in [0.2, 0.25) is 11.8 Å². The zero-order valence-corrected chi connectivity index (χ0v) is 23.4. The van der Waals surface area contributed by atoms with E-state index in [0.29, 0.717) is 49.5 Å². The molecule has 0 aliphatic carbocycles. The van der Waals surface area contributed by atoms with Crippen molar-refractivity contribution < 1.29 is 18.0 Å². The van der Waals surface area contributed by atoms with Crippen molar-refractivity contribution in [1.82, 2.24) is 25.1 Å². The Morgan fingerprint density at radius 1 is 1.13 bits per heavy atom. The van der Waals surface area contributed by atoms with Gasteiger partial charge in [-0.2, -0.15) is 0 Å². The normalized spacial score (nSPS) is 15.6. The maximum Gasteiger partial charge on any atom is 0.251 e. The molecular weight excluding hydrogens is 500 g/mol. The highest BCUT2D eigenvalue weighted by molar-refractivity contribution is 5.79. The molecule has 3 aromatic rings. The summed E-state index contributed by atoms with van der Waals surface area (Å²) in [6.45, 7) is 11.1. The van der Waals surface area contributed by atoms with Crippen LogP contribution in [0.25, 0.3) is 17.0 Å². The molecule has 0 N–H and O–H groups in total. The predicted molar refractivity (Wildman–Crippen MR) is 146 cm³/mol. The molecule has 39 heavy (non-hydrogen) atoms. The van der Waals surface area contributed by atoms with Crippen LogP contribution in [-0.4, -0.2) is 44.1 Å². The Kier molecular flexibility index (Phi) is 9.20. The van der Waals surface area contributed by atoms with E-state index in [1.54, 1.807) is 4.90 Å². The van der Waals surface area contributed by atoms with E-state index in [2.05, 4.69) is 42.0 Å². The molecule has 3 heterocycles. The average molecular weight is 538 g/mol. The number of amides is 1. The van der Waals surface area contributed by atoms with Gasteiger partial charge in [-0.1, -0.05) is 39.3 Å². The molecule has 1 amide bonds. The summed E-state index contributed by atoms with van der Waals surface area (Å²) in [4.78, 5) is 23.9. The van der Waals surface area contributed by atoms with Crippen LogP contribution in [0.2, 0.25) is 0 Å². The fourth-order valence-corrected chi connectivity index (χ4v) is 5.34. The first-order valence-electron chi connectivity index (χ1n) is 13.8. The van der Waals surface area contributed by atoms with Crippen molar-refractivity contribution in [2.75, 3.05) is 13.1 Å². The highest BCUT2D eigenvalue weighted by Gasteiger charge is 2.30. The van der Waals surface area contributed by atoms with Gasteiger partial charge >= 0.3 is 0 Å². The predicted octanol–water partition coefficient (Wildman–Crippen LogP) is 6.60. The highest BCUT2D eigenvalue weighted by Crippen LogP contribution is 2.36. The zero-order chi connectivity index (χ0) is 28.1. The zero-order valence-electron chi connectivity index (χ0n) is 23.4. The lowest BCUT2D eigenvalue weighted by atomic mass is 9.89. The summed E-state index contributed by atoms with van der Waals surface area (Å²) in [5.74, 6) is 0.353. The molecule has 4 rings (SSSR count). The lowest BCUT2D eigenvalue weighted by Gasteiger charge is -2.32. The molecule has 1 aliphatic heterocycles. The number of hydrogen-bond acceptors (Lipinski definition) is 6. The number of aryl methyl sites for hydroxylation is 2. The van der Waals surface area contributed by atoms with E-state index < -0.39 is 11.6 Å². The number of carbonyl (C=O) groups excluding carboxylic acids is 1. The lowest BCUT2D eigenvalue weighted by molar-refractivity contribution is -0.131. The van der Waals surface area contributed by atoms with Gasteiger partial charge in [-0.15, -0.1) is 10.2 Å². The van der Waals surface area contributed by atoms with E-state index in [9.17, 15) is 13.6 Å². The van der Waals surface area contributed by atoms with Gasteiger partial charge in [0.25, 0.3) is 5.89 Å². The van der Waals surface area contributed by atoms with Gasteiger partial charge in [-0.05, 0) is 57.6 Å². The molecule has 1 unspecified atom stereocenters. The summed E-state index contributed by atoms with van der Waals surface area (Å²) in [5, 5.41) is 8.75. The molecule has 2 aromatic heterocycles. The van der Waals surface area contributed by atoms with Crippen molar-refractivity contribution >= 4 is 11.5 Å². The molecule has 0 bridgehead atoms. The summed E-state index contributed by atoms with van der Waals surface area (Å²) in [6.07, 6.45) is 6.21. The van der Waals surface area contributed by atoms with Crippen LogP contribution in [-0.2, 0) is 11.2 Å². The van der Waals surface area contributed by atoms with Crippen LogP contribution in [0.1, 0.15) is 87.5 Å². The first-order chi connectivity index (χ1) is 18.7. The van der Waals surface area contributed by atoms with E-state index in [-0.39, 0.29) is 23.8 Å². The Morgan fingerprint density at radius 2 is 1.82 bits per heavy atom. The van der Waals surface area contributed by atoms with Crippen molar-refractivity contribution in [3.8, 4) is 11.5 Å². The molecule has 1 aromatic carbocycles. The highest BCUT2D eigenvalue weighted by atomic mass is 19.1. The van der Waals surface area contributed by atoms with Crippen molar-refractivity contribution in [3.63, 3.8) is 0 Å². The maximum absolute atomic E-state index is 14.1. The summed E-state index contributed by atoms with van der Waals surface area (Å²) in [7, 11) is 0. The summed E-state index contributed by atoms with van der Waals surface area (Å²) in [6, 6.07) is 3.65. The number of benzene rings is 1. The number of carbonyl (C=O) groups is 1. The molecule has 0 saturated carbocycles. The molecule has 9 heteroatoms. The monoisotopic (exact) mass is 537 g/mol. The van der Waals surface area contributed by atoms with E-state index in [1.165, 1.54) is 18.2 Å². The first kappa shape index (κ1) is 28.5. The number of piperidine rings is 1. The number of halogens is 2. The van der Waals surface area contributed by atoms with Gasteiger partial charge in [0.05, 0.1) is 23.4 Å². The average Bonchev–Trinajstić information content (AvgIpc) is 3.38. The second-order valence-electron chi connectivity index (χ2n) is 10.4. The molecule has 1 atom stereocenters. The quantitative estimate of drug-likeness (QED) is 0.306. The number of aromatic nitrogens is 4. The van der Waals surface area contributed by atoms with Gasteiger partial charge in [0, 0.05) is 30.1 Å². The summed E-state index contributed by atoms with van der Waals surface area (Å²) < 4.78 is 34.3. The number of nitrogens with zero attached hydrogens (tertiary/aromatic N) is 5. The standard InChI is InChI=1S/C30H37F2N5O2/c1-6-9-18(3)16-21(7-2)29-35-36-30(39-29)27-19(4)33-20(5)34-28(27)22-12-14-37(15-13-22)26(38)17-23-24(31)10-8-11-25(23)32/h8,10-11,16,18,22H,6-7,9,12-15,17H2,1-5H3/b21-16+. The van der Waals surface area contributed by atoms with Gasteiger partial charge in [0.1, 0.15) is 17.5 Å². The second-order valence-corrected chi connectivity index (χ2v) is 10.4. The molecule has 1 fully saturated rings. The maximum atomic E-state index is 14.1. The second kappa shape index (κ2) is 12.6. The number of allylic oxidation sites excluding steroid dienone is 2. The Bertz CT molecular complexity index is 1320. The summed E-state index contributed by atoms with van der Waals surface area (Å²) >= 11 is 0. The van der Waals surface area contributed by atoms with Crippen LogP contribution in [0.5, 0.6) is 0 Å². The SMILES string of the molecule is CCCC(C)/C=C(\CC)c1nnc(-c2c(C)nc(C)nc2C2CCN(C(=O)Cc3c(F)cccc3F)CC2)o1. The lowest BCUT2D eigenvalue weighted by Crippen LogP contribution is -2.39. The number of hydrogen-bond donors (Lipinski definition) is 0. The molecule has 1 aliphatic rings. The van der Waals surface area contributed by atoms with Crippen molar-refractivity contribution in [3.05, 3.63) is 64.6 Å². The first-order valence-corrected chi connectivity index (χ1v) is 13.8. The smallest absolute Gasteiger partial charge is 0.251 e. The van der Waals surface area contributed by atoms with Crippen molar-refractivity contribution in [2.24, 2.45) is 5.92 Å². The van der Waals surface area contributed by atoms with Crippen molar-refractivity contribution in [1.29, 1.82) is 0 Å². The molecule has 1 saturated heterocycles. The van der Waals surface area contributed by atoms with Gasteiger partial charge in [0.15, 0.2) is 0 Å². The minimum absolute atomic E-state index is 0.0516. The molecule has 208 valence electrons. The topological polar surface area (TPSA) is 85.0 Å². The largest absolute Gasteiger partial charge is 0.416 e. The van der Waals surface area contributed by atoms with Crippen LogP contribution >= 0.6 is 0 Å². The third-order valence-corrected chi connectivity index (χ3v) is 7.38. The van der Waals surface area contributed by atoms with Gasteiger partial charge in [-0.3, -0.25) is 4.79 Å². The van der Waals surface area contributed by atoms with Crippen LogP contribution in [0.3, 0.4) is 0 Å².